The number of aliphatic hydroxyl groups is 1. The van der Waals surface area contributed by atoms with Gasteiger partial charge in [0.25, 0.3) is 5.89 Å². The van der Waals surface area contributed by atoms with E-state index in [9.17, 15) is 0 Å². The van der Waals surface area contributed by atoms with Gasteiger partial charge in [0.05, 0.1) is 15.2 Å². The summed E-state index contributed by atoms with van der Waals surface area (Å²) >= 11 is 4.99. The van der Waals surface area contributed by atoms with Gasteiger partial charge in [-0.05, 0) is 46.9 Å². The normalized spacial score (nSPS) is 20.2. The molecule has 0 saturated carbocycles. The van der Waals surface area contributed by atoms with Crippen LogP contribution in [-0.4, -0.2) is 39.9 Å². The van der Waals surface area contributed by atoms with E-state index in [0.29, 0.717) is 24.2 Å². The van der Waals surface area contributed by atoms with E-state index in [0.717, 1.165) is 28.2 Å². The van der Waals surface area contributed by atoms with Crippen LogP contribution in [0.1, 0.15) is 12.3 Å². The van der Waals surface area contributed by atoms with Gasteiger partial charge < -0.3 is 9.52 Å². The molecule has 0 radical (unpaired) electrons. The molecule has 3 rings (SSSR count). The Morgan fingerprint density at radius 1 is 1.47 bits per heavy atom. The monoisotopic (exact) mass is 343 g/mol. The predicted molar refractivity (Wildman–Crippen MR) is 75.8 cm³/mol. The van der Waals surface area contributed by atoms with Crippen molar-refractivity contribution in [3.8, 4) is 10.8 Å². The minimum Gasteiger partial charge on any atom is -0.419 e. The van der Waals surface area contributed by atoms with E-state index in [-0.39, 0.29) is 6.61 Å². The molecule has 102 valence electrons. The van der Waals surface area contributed by atoms with Gasteiger partial charge in [-0.3, -0.25) is 4.90 Å². The zero-order chi connectivity index (χ0) is 13.2. The first-order valence-electron chi connectivity index (χ1n) is 6.16. The molecule has 1 unspecified atom stereocenters. The third kappa shape index (κ3) is 3.05. The summed E-state index contributed by atoms with van der Waals surface area (Å²) in [7, 11) is 0. The number of halogens is 1. The molecule has 1 atom stereocenters. The number of aromatic nitrogens is 2. The Labute approximate surface area is 123 Å². The molecule has 1 aliphatic heterocycles. The zero-order valence-electron chi connectivity index (χ0n) is 10.3. The number of nitrogens with zero attached hydrogens (tertiary/aromatic N) is 3. The lowest BCUT2D eigenvalue weighted by Gasteiger charge is -2.11. The molecule has 19 heavy (non-hydrogen) atoms. The molecule has 0 spiro atoms. The van der Waals surface area contributed by atoms with Crippen molar-refractivity contribution in [3.05, 3.63) is 21.8 Å². The Morgan fingerprint density at radius 3 is 3.05 bits per heavy atom. The van der Waals surface area contributed by atoms with E-state index < -0.39 is 0 Å². The summed E-state index contributed by atoms with van der Waals surface area (Å²) in [6.07, 6.45) is 1.04. The molecule has 0 bridgehead atoms. The number of hydrogen-bond acceptors (Lipinski definition) is 6. The van der Waals surface area contributed by atoms with Crippen LogP contribution in [0.2, 0.25) is 0 Å². The number of rotatable bonds is 4. The van der Waals surface area contributed by atoms with Crippen LogP contribution in [-0.2, 0) is 6.54 Å². The van der Waals surface area contributed by atoms with E-state index in [2.05, 4.69) is 31.0 Å². The topological polar surface area (TPSA) is 62.4 Å². The van der Waals surface area contributed by atoms with E-state index in [4.69, 9.17) is 9.52 Å². The smallest absolute Gasteiger partial charge is 0.257 e. The summed E-state index contributed by atoms with van der Waals surface area (Å²) in [4.78, 5) is 3.21. The quantitative estimate of drug-likeness (QED) is 0.923. The second-order valence-electron chi connectivity index (χ2n) is 4.68. The fourth-order valence-electron chi connectivity index (χ4n) is 2.24. The molecule has 2 aromatic heterocycles. The average Bonchev–Trinajstić information content (AvgIpc) is 3.10. The highest BCUT2D eigenvalue weighted by molar-refractivity contribution is 9.11. The van der Waals surface area contributed by atoms with Crippen LogP contribution < -0.4 is 0 Å². The van der Waals surface area contributed by atoms with E-state index in [1.807, 2.05) is 12.1 Å². The summed E-state index contributed by atoms with van der Waals surface area (Å²) < 4.78 is 6.73. The van der Waals surface area contributed by atoms with Crippen LogP contribution in [0, 0.1) is 5.92 Å². The van der Waals surface area contributed by atoms with Crippen LogP contribution in [0.25, 0.3) is 10.8 Å². The highest BCUT2D eigenvalue weighted by atomic mass is 79.9. The summed E-state index contributed by atoms with van der Waals surface area (Å²) in [6.45, 7) is 2.80. The van der Waals surface area contributed by atoms with E-state index in [1.54, 1.807) is 11.3 Å². The minimum atomic E-state index is 0.259. The molecule has 5 nitrogen and oxygen atoms in total. The summed E-state index contributed by atoms with van der Waals surface area (Å²) in [5, 5.41) is 17.3. The van der Waals surface area contributed by atoms with E-state index in [1.165, 1.54) is 0 Å². The second kappa shape index (κ2) is 5.70. The first-order valence-corrected chi connectivity index (χ1v) is 7.77. The molecule has 1 fully saturated rings. The highest BCUT2D eigenvalue weighted by Crippen LogP contribution is 2.30. The molecule has 2 aromatic rings. The lowest BCUT2D eigenvalue weighted by molar-refractivity contribution is 0.215. The number of hydrogen-bond donors (Lipinski definition) is 1. The number of thiophene rings is 1. The fourth-order valence-corrected chi connectivity index (χ4v) is 3.55. The molecule has 7 heteroatoms. The Balaban J connectivity index is 1.65. The van der Waals surface area contributed by atoms with Gasteiger partial charge in [-0.25, -0.2) is 0 Å². The fraction of sp³-hybridized carbons (Fsp3) is 0.500. The SMILES string of the molecule is OCC1CCN(Cc2nnc(-c3ccc(Br)s3)o2)C1. The van der Waals surface area contributed by atoms with Gasteiger partial charge in [0.2, 0.25) is 5.89 Å². The van der Waals surface area contributed by atoms with Crippen LogP contribution >= 0.6 is 27.3 Å². The van der Waals surface area contributed by atoms with Crippen LogP contribution in [0.5, 0.6) is 0 Å². The molecular formula is C12H14BrN3O2S. The van der Waals surface area contributed by atoms with Crippen molar-refractivity contribution in [2.75, 3.05) is 19.7 Å². The van der Waals surface area contributed by atoms with Crippen molar-refractivity contribution in [3.63, 3.8) is 0 Å². The standard InChI is InChI=1S/C12H14BrN3O2S/c13-10-2-1-9(19-10)12-15-14-11(18-12)6-16-4-3-8(5-16)7-17/h1-2,8,17H,3-7H2. The molecule has 0 aromatic carbocycles. The van der Waals surface area contributed by atoms with Gasteiger partial charge in [-0.1, -0.05) is 0 Å². The van der Waals surface area contributed by atoms with Gasteiger partial charge in [-0.15, -0.1) is 21.5 Å². The lowest BCUT2D eigenvalue weighted by Crippen LogP contribution is -2.21. The minimum absolute atomic E-state index is 0.259. The van der Waals surface area contributed by atoms with Crippen molar-refractivity contribution in [1.29, 1.82) is 0 Å². The van der Waals surface area contributed by atoms with Crippen molar-refractivity contribution in [2.24, 2.45) is 5.92 Å². The van der Waals surface area contributed by atoms with Crippen molar-refractivity contribution >= 4 is 27.3 Å². The Bertz CT molecular complexity index is 557. The Kier molecular flexibility index (Phi) is 3.97. The summed E-state index contributed by atoms with van der Waals surface area (Å²) in [5.74, 6) is 1.59. The van der Waals surface area contributed by atoms with Crippen LogP contribution in [0.3, 0.4) is 0 Å². The maximum atomic E-state index is 9.12. The third-order valence-corrected chi connectivity index (χ3v) is 4.85. The van der Waals surface area contributed by atoms with Gasteiger partial charge in [-0.2, -0.15) is 0 Å². The highest BCUT2D eigenvalue weighted by Gasteiger charge is 2.23. The summed E-state index contributed by atoms with van der Waals surface area (Å²) in [6, 6.07) is 3.93. The number of likely N-dealkylation sites (tertiary alicyclic amines) is 1. The van der Waals surface area contributed by atoms with Crippen LogP contribution in [0.4, 0.5) is 0 Å². The van der Waals surface area contributed by atoms with Gasteiger partial charge >= 0.3 is 0 Å². The molecular weight excluding hydrogens is 330 g/mol. The van der Waals surface area contributed by atoms with Crippen molar-refractivity contribution in [2.45, 2.75) is 13.0 Å². The zero-order valence-corrected chi connectivity index (χ0v) is 12.7. The molecule has 3 heterocycles. The van der Waals surface area contributed by atoms with E-state index >= 15 is 0 Å². The third-order valence-electron chi connectivity index (χ3n) is 3.24. The second-order valence-corrected chi connectivity index (χ2v) is 7.14. The van der Waals surface area contributed by atoms with Crippen molar-refractivity contribution in [1.82, 2.24) is 15.1 Å². The van der Waals surface area contributed by atoms with Crippen molar-refractivity contribution < 1.29 is 9.52 Å². The maximum absolute atomic E-state index is 9.12. The van der Waals surface area contributed by atoms with Crippen LogP contribution in [0.15, 0.2) is 20.3 Å². The lowest BCUT2D eigenvalue weighted by atomic mass is 10.1. The molecule has 0 amide bonds. The largest absolute Gasteiger partial charge is 0.419 e. The maximum Gasteiger partial charge on any atom is 0.257 e. The molecule has 1 aliphatic rings. The molecule has 1 saturated heterocycles. The first-order chi connectivity index (χ1) is 9.24. The Morgan fingerprint density at radius 2 is 2.37 bits per heavy atom. The van der Waals surface area contributed by atoms with Gasteiger partial charge in [0.1, 0.15) is 0 Å². The Hall–Kier alpha value is -0.760. The summed E-state index contributed by atoms with van der Waals surface area (Å²) in [5.41, 5.74) is 0. The average molecular weight is 344 g/mol. The first kappa shape index (κ1) is 13.2. The van der Waals surface area contributed by atoms with Gasteiger partial charge in [0.15, 0.2) is 0 Å². The van der Waals surface area contributed by atoms with Gasteiger partial charge in [0, 0.05) is 13.2 Å². The molecule has 1 N–H and O–H groups in total. The molecule has 0 aliphatic carbocycles. The predicted octanol–water partition coefficient (Wildman–Crippen LogP) is 2.37. The number of aliphatic hydroxyl groups excluding tert-OH is 1.